The maximum absolute atomic E-state index is 6.17. The van der Waals surface area contributed by atoms with Crippen LogP contribution in [0.25, 0.3) is 0 Å². The number of likely N-dealkylation sites (N-methyl/N-ethyl adjacent to an activating group) is 1. The highest BCUT2D eigenvalue weighted by Gasteiger charge is 2.35. The molecule has 2 aliphatic rings. The number of hydrogen-bond donors (Lipinski definition) is 1. The van der Waals surface area contributed by atoms with Gasteiger partial charge in [-0.1, -0.05) is 0 Å². The van der Waals surface area contributed by atoms with Crippen molar-refractivity contribution in [2.45, 2.75) is 37.6 Å². The SMILES string of the molecule is CN1CCCC(CN)(N(C)CC2CCOCC2)CC1. The fourth-order valence-electron chi connectivity index (χ4n) is 3.57. The molecule has 0 radical (unpaired) electrons. The van der Waals surface area contributed by atoms with Gasteiger partial charge in [0.2, 0.25) is 0 Å². The van der Waals surface area contributed by atoms with E-state index in [1.165, 1.54) is 51.7 Å². The van der Waals surface area contributed by atoms with Gasteiger partial charge in [0.15, 0.2) is 0 Å². The number of nitrogens with zero attached hydrogens (tertiary/aromatic N) is 2. The van der Waals surface area contributed by atoms with Crippen molar-refractivity contribution in [3.8, 4) is 0 Å². The molecule has 0 amide bonds. The van der Waals surface area contributed by atoms with Gasteiger partial charge < -0.3 is 15.4 Å². The molecule has 0 bridgehead atoms. The van der Waals surface area contributed by atoms with Crippen molar-refractivity contribution >= 4 is 0 Å². The fraction of sp³-hybridized carbons (Fsp3) is 1.00. The molecule has 0 aromatic rings. The molecule has 1 atom stereocenters. The molecule has 2 saturated heterocycles. The Morgan fingerprint density at radius 2 is 2.00 bits per heavy atom. The summed E-state index contributed by atoms with van der Waals surface area (Å²) in [6.07, 6.45) is 6.15. The van der Waals surface area contributed by atoms with Crippen LogP contribution in [0.4, 0.5) is 0 Å². The molecular formula is C15H31N3O. The first-order valence-electron chi connectivity index (χ1n) is 7.84. The predicted octanol–water partition coefficient (Wildman–Crippen LogP) is 1.16. The lowest BCUT2D eigenvalue weighted by atomic mass is 9.87. The Kier molecular flexibility index (Phi) is 5.63. The quantitative estimate of drug-likeness (QED) is 0.831. The molecule has 0 saturated carbocycles. The van der Waals surface area contributed by atoms with Crippen molar-refractivity contribution in [1.29, 1.82) is 0 Å². The van der Waals surface area contributed by atoms with Crippen LogP contribution in [0.15, 0.2) is 0 Å². The van der Waals surface area contributed by atoms with Gasteiger partial charge >= 0.3 is 0 Å². The molecule has 2 fully saturated rings. The van der Waals surface area contributed by atoms with Gasteiger partial charge in [0.1, 0.15) is 0 Å². The average Bonchev–Trinajstić information content (AvgIpc) is 2.62. The minimum absolute atomic E-state index is 0.225. The molecule has 0 aliphatic carbocycles. The fourth-order valence-corrected chi connectivity index (χ4v) is 3.57. The van der Waals surface area contributed by atoms with Gasteiger partial charge in [-0.15, -0.1) is 0 Å². The Bertz CT molecular complexity index is 268. The summed E-state index contributed by atoms with van der Waals surface area (Å²) in [6.45, 7) is 6.25. The van der Waals surface area contributed by atoms with Crippen LogP contribution in [-0.4, -0.2) is 68.8 Å². The molecule has 0 aromatic carbocycles. The van der Waals surface area contributed by atoms with Crippen molar-refractivity contribution in [2.75, 3.05) is 53.5 Å². The zero-order valence-electron chi connectivity index (χ0n) is 12.7. The van der Waals surface area contributed by atoms with E-state index < -0.39 is 0 Å². The van der Waals surface area contributed by atoms with E-state index in [0.29, 0.717) is 0 Å². The van der Waals surface area contributed by atoms with Crippen LogP contribution in [0.5, 0.6) is 0 Å². The first-order valence-corrected chi connectivity index (χ1v) is 7.84. The standard InChI is InChI=1S/C15H31N3O/c1-17-8-3-6-15(13-16,7-9-17)18(2)12-14-4-10-19-11-5-14/h14H,3-13,16H2,1-2H3. The molecule has 112 valence electrons. The largest absolute Gasteiger partial charge is 0.381 e. The third-order valence-corrected chi connectivity index (χ3v) is 5.20. The summed E-state index contributed by atoms with van der Waals surface area (Å²) in [5.41, 5.74) is 6.40. The maximum atomic E-state index is 6.17. The first kappa shape index (κ1) is 15.2. The van der Waals surface area contributed by atoms with Crippen LogP contribution in [0, 0.1) is 5.92 Å². The predicted molar refractivity (Wildman–Crippen MR) is 79.3 cm³/mol. The molecule has 2 rings (SSSR count). The van der Waals surface area contributed by atoms with Crippen LogP contribution in [0.1, 0.15) is 32.1 Å². The molecule has 2 heterocycles. The Morgan fingerprint density at radius 1 is 1.26 bits per heavy atom. The van der Waals surface area contributed by atoms with Crippen LogP contribution in [-0.2, 0) is 4.74 Å². The monoisotopic (exact) mass is 269 g/mol. The van der Waals surface area contributed by atoms with Crippen molar-refractivity contribution < 1.29 is 4.74 Å². The summed E-state index contributed by atoms with van der Waals surface area (Å²) < 4.78 is 5.46. The summed E-state index contributed by atoms with van der Waals surface area (Å²) in [7, 11) is 4.51. The van der Waals surface area contributed by atoms with E-state index in [1.54, 1.807) is 0 Å². The minimum Gasteiger partial charge on any atom is -0.381 e. The molecule has 2 N–H and O–H groups in total. The number of rotatable bonds is 4. The number of hydrogen-bond acceptors (Lipinski definition) is 4. The zero-order chi connectivity index (χ0) is 13.7. The highest BCUT2D eigenvalue weighted by Crippen LogP contribution is 2.29. The second kappa shape index (κ2) is 7.02. The van der Waals surface area contributed by atoms with Gasteiger partial charge in [0, 0.05) is 31.8 Å². The van der Waals surface area contributed by atoms with Gasteiger partial charge in [-0.25, -0.2) is 0 Å². The van der Waals surface area contributed by atoms with E-state index in [-0.39, 0.29) is 5.54 Å². The topological polar surface area (TPSA) is 41.7 Å². The Hall–Kier alpha value is -0.160. The Balaban J connectivity index is 1.94. The molecule has 4 heteroatoms. The van der Waals surface area contributed by atoms with E-state index in [4.69, 9.17) is 10.5 Å². The smallest absolute Gasteiger partial charge is 0.0469 e. The normalized spacial score (nSPS) is 31.6. The highest BCUT2D eigenvalue weighted by molar-refractivity contribution is 4.93. The van der Waals surface area contributed by atoms with Crippen molar-refractivity contribution in [3.63, 3.8) is 0 Å². The lowest BCUT2D eigenvalue weighted by Crippen LogP contribution is -2.54. The summed E-state index contributed by atoms with van der Waals surface area (Å²) in [5, 5.41) is 0. The van der Waals surface area contributed by atoms with E-state index >= 15 is 0 Å². The van der Waals surface area contributed by atoms with Crippen molar-refractivity contribution in [1.82, 2.24) is 9.80 Å². The van der Waals surface area contributed by atoms with Crippen molar-refractivity contribution in [2.24, 2.45) is 11.7 Å². The van der Waals surface area contributed by atoms with E-state index in [0.717, 1.165) is 25.7 Å². The summed E-state index contributed by atoms with van der Waals surface area (Å²) in [5.74, 6) is 0.795. The number of likely N-dealkylation sites (tertiary alicyclic amines) is 1. The van der Waals surface area contributed by atoms with Gasteiger partial charge in [-0.05, 0) is 65.2 Å². The summed E-state index contributed by atoms with van der Waals surface area (Å²) >= 11 is 0. The van der Waals surface area contributed by atoms with Crippen molar-refractivity contribution in [3.05, 3.63) is 0 Å². The van der Waals surface area contributed by atoms with Crippen LogP contribution in [0.2, 0.25) is 0 Å². The number of ether oxygens (including phenoxy) is 1. The van der Waals surface area contributed by atoms with Crippen LogP contribution in [0.3, 0.4) is 0 Å². The molecule has 1 unspecified atom stereocenters. The first-order chi connectivity index (χ1) is 9.16. The second-order valence-corrected chi connectivity index (χ2v) is 6.52. The van der Waals surface area contributed by atoms with Gasteiger partial charge in [-0.2, -0.15) is 0 Å². The van der Waals surface area contributed by atoms with E-state index in [2.05, 4.69) is 23.9 Å². The molecule has 0 aromatic heterocycles. The lowest BCUT2D eigenvalue weighted by molar-refractivity contribution is 0.0299. The van der Waals surface area contributed by atoms with E-state index in [9.17, 15) is 0 Å². The molecule has 19 heavy (non-hydrogen) atoms. The van der Waals surface area contributed by atoms with E-state index in [1.807, 2.05) is 0 Å². The Labute approximate surface area is 118 Å². The molecule has 4 nitrogen and oxygen atoms in total. The van der Waals surface area contributed by atoms with Gasteiger partial charge in [0.25, 0.3) is 0 Å². The lowest BCUT2D eigenvalue weighted by Gasteiger charge is -2.43. The van der Waals surface area contributed by atoms with Crippen LogP contribution >= 0.6 is 0 Å². The number of nitrogens with two attached hydrogens (primary N) is 1. The zero-order valence-corrected chi connectivity index (χ0v) is 12.7. The van der Waals surface area contributed by atoms with Crippen LogP contribution < -0.4 is 5.73 Å². The third kappa shape index (κ3) is 3.91. The summed E-state index contributed by atoms with van der Waals surface area (Å²) in [4.78, 5) is 5.02. The average molecular weight is 269 g/mol. The van der Waals surface area contributed by atoms with Gasteiger partial charge in [-0.3, -0.25) is 4.90 Å². The summed E-state index contributed by atoms with van der Waals surface area (Å²) in [6, 6.07) is 0. The second-order valence-electron chi connectivity index (χ2n) is 6.52. The minimum atomic E-state index is 0.225. The molecule has 0 spiro atoms. The maximum Gasteiger partial charge on any atom is 0.0469 e. The molecular weight excluding hydrogens is 238 g/mol. The van der Waals surface area contributed by atoms with Gasteiger partial charge in [0.05, 0.1) is 0 Å². The highest BCUT2D eigenvalue weighted by atomic mass is 16.5. The molecule has 2 aliphatic heterocycles. The third-order valence-electron chi connectivity index (χ3n) is 5.20. The Morgan fingerprint density at radius 3 is 2.68 bits per heavy atom.